The van der Waals surface area contributed by atoms with Crippen LogP contribution in [-0.4, -0.2) is 26.4 Å². The maximum atomic E-state index is 12.5. The zero-order chi connectivity index (χ0) is 17.1. The molecule has 1 aromatic rings. The lowest BCUT2D eigenvalue weighted by Gasteiger charge is -2.19. The molecule has 1 rings (SSSR count). The lowest BCUT2D eigenvalue weighted by molar-refractivity contribution is 0.130. The van der Waals surface area contributed by atoms with Crippen LogP contribution in [0.2, 0.25) is 0 Å². The van der Waals surface area contributed by atoms with Crippen molar-refractivity contribution in [1.82, 2.24) is 0 Å². The smallest absolute Gasteiger partial charge is 0.411 e. The van der Waals surface area contributed by atoms with Crippen molar-refractivity contribution >= 4 is 37.5 Å². The molecule has 1 aromatic carbocycles. The Morgan fingerprint density at radius 1 is 1.32 bits per heavy atom. The Morgan fingerprint density at radius 2 is 1.91 bits per heavy atom. The van der Waals surface area contributed by atoms with E-state index in [-0.39, 0.29) is 22.2 Å². The van der Waals surface area contributed by atoms with Crippen LogP contribution < -0.4 is 5.32 Å². The molecular weight excluding hydrogens is 370 g/mol. The highest BCUT2D eigenvalue weighted by Gasteiger charge is 2.25. The first-order chi connectivity index (χ1) is 9.90. The first-order valence-electron chi connectivity index (χ1n) is 6.91. The van der Waals surface area contributed by atoms with Gasteiger partial charge in [-0.15, -0.1) is 0 Å². The van der Waals surface area contributed by atoms with Crippen LogP contribution in [0.5, 0.6) is 0 Å². The van der Waals surface area contributed by atoms with Crippen molar-refractivity contribution in [1.29, 1.82) is 0 Å². The van der Waals surface area contributed by atoms with Crippen molar-refractivity contribution in [2.24, 2.45) is 5.41 Å². The Bertz CT molecular complexity index is 648. The first-order valence-corrected chi connectivity index (χ1v) is 9.35. The topological polar surface area (TPSA) is 72.5 Å². The van der Waals surface area contributed by atoms with Gasteiger partial charge >= 0.3 is 6.09 Å². The number of rotatable bonds is 4. The SMILES string of the molecule is CC(C)OC(=O)Nc1ccc(Br)c(S(=O)(=O)CC(C)(C)C)c1. The molecule has 0 aliphatic heterocycles. The molecule has 0 saturated heterocycles. The number of carbonyl (C=O) groups is 1. The minimum atomic E-state index is -3.47. The maximum Gasteiger partial charge on any atom is 0.411 e. The third-order valence-electron chi connectivity index (χ3n) is 2.48. The normalized spacial score (nSPS) is 12.3. The van der Waals surface area contributed by atoms with E-state index in [0.29, 0.717) is 10.2 Å². The fraction of sp³-hybridized carbons (Fsp3) is 0.533. The van der Waals surface area contributed by atoms with Crippen LogP contribution in [0.3, 0.4) is 0 Å². The Morgan fingerprint density at radius 3 is 2.41 bits per heavy atom. The van der Waals surface area contributed by atoms with Gasteiger partial charge in [-0.2, -0.15) is 0 Å². The van der Waals surface area contributed by atoms with E-state index in [9.17, 15) is 13.2 Å². The fourth-order valence-corrected chi connectivity index (χ4v) is 4.78. The maximum absolute atomic E-state index is 12.5. The summed E-state index contributed by atoms with van der Waals surface area (Å²) < 4.78 is 30.5. The predicted molar refractivity (Wildman–Crippen MR) is 90.9 cm³/mol. The molecule has 124 valence electrons. The molecule has 0 heterocycles. The third kappa shape index (κ3) is 5.96. The molecule has 0 radical (unpaired) electrons. The van der Waals surface area contributed by atoms with Gasteiger partial charge in [-0.05, 0) is 53.4 Å². The quantitative estimate of drug-likeness (QED) is 0.833. The van der Waals surface area contributed by atoms with E-state index in [1.807, 2.05) is 20.8 Å². The molecule has 0 atom stereocenters. The second-order valence-corrected chi connectivity index (χ2v) is 9.36. The van der Waals surface area contributed by atoms with Crippen LogP contribution in [0, 0.1) is 5.41 Å². The summed E-state index contributed by atoms with van der Waals surface area (Å²) in [5, 5.41) is 2.53. The number of sulfone groups is 1. The van der Waals surface area contributed by atoms with Crippen molar-refractivity contribution in [2.75, 3.05) is 11.1 Å². The first kappa shape index (κ1) is 19.0. The Balaban J connectivity index is 3.07. The standard InChI is InChI=1S/C15H22BrNO4S/c1-10(2)21-14(18)17-11-6-7-12(16)13(8-11)22(19,20)9-15(3,4)5/h6-8,10H,9H2,1-5H3,(H,17,18). The van der Waals surface area contributed by atoms with Gasteiger partial charge in [-0.25, -0.2) is 13.2 Å². The molecule has 0 aromatic heterocycles. The highest BCUT2D eigenvalue weighted by atomic mass is 79.9. The molecule has 5 nitrogen and oxygen atoms in total. The van der Waals surface area contributed by atoms with Crippen molar-refractivity contribution in [3.8, 4) is 0 Å². The van der Waals surface area contributed by atoms with E-state index in [1.165, 1.54) is 6.07 Å². The zero-order valence-corrected chi connectivity index (χ0v) is 15.8. The molecular formula is C15H22BrNO4S. The summed E-state index contributed by atoms with van der Waals surface area (Å²) >= 11 is 3.26. The molecule has 0 unspecified atom stereocenters. The number of hydrogen-bond donors (Lipinski definition) is 1. The minimum absolute atomic E-state index is 0.0124. The largest absolute Gasteiger partial charge is 0.447 e. The molecule has 0 bridgehead atoms. The molecule has 0 fully saturated rings. The molecule has 1 N–H and O–H groups in total. The van der Waals surface area contributed by atoms with Gasteiger partial charge in [-0.1, -0.05) is 20.8 Å². The van der Waals surface area contributed by atoms with Gasteiger partial charge in [0.05, 0.1) is 16.8 Å². The molecule has 22 heavy (non-hydrogen) atoms. The summed E-state index contributed by atoms with van der Waals surface area (Å²) in [7, 11) is -3.47. The van der Waals surface area contributed by atoms with E-state index in [4.69, 9.17) is 4.74 Å². The number of anilines is 1. The molecule has 0 aliphatic carbocycles. The summed E-state index contributed by atoms with van der Waals surface area (Å²) in [5.41, 5.74) is 0.0134. The van der Waals surface area contributed by atoms with Crippen LogP contribution in [0.1, 0.15) is 34.6 Å². The number of benzene rings is 1. The fourth-order valence-electron chi connectivity index (χ4n) is 1.83. The van der Waals surface area contributed by atoms with Crippen LogP contribution in [-0.2, 0) is 14.6 Å². The van der Waals surface area contributed by atoms with Crippen molar-refractivity contribution < 1.29 is 17.9 Å². The van der Waals surface area contributed by atoms with E-state index in [1.54, 1.807) is 26.0 Å². The molecule has 0 aliphatic rings. The number of nitrogens with one attached hydrogen (secondary N) is 1. The summed E-state index contributed by atoms with van der Waals surface area (Å²) in [5.74, 6) is 0.0124. The average molecular weight is 392 g/mol. The highest BCUT2D eigenvalue weighted by Crippen LogP contribution is 2.30. The van der Waals surface area contributed by atoms with Crippen molar-refractivity contribution in [3.05, 3.63) is 22.7 Å². The monoisotopic (exact) mass is 391 g/mol. The van der Waals surface area contributed by atoms with E-state index >= 15 is 0 Å². The Hall–Kier alpha value is -1.08. The molecule has 0 saturated carbocycles. The average Bonchev–Trinajstić information content (AvgIpc) is 2.27. The molecule has 0 spiro atoms. The number of halogens is 1. The van der Waals surface area contributed by atoms with Gasteiger partial charge in [-0.3, -0.25) is 5.32 Å². The number of carbonyl (C=O) groups excluding carboxylic acids is 1. The lowest BCUT2D eigenvalue weighted by atomic mass is 10.0. The number of amides is 1. The van der Waals surface area contributed by atoms with Crippen LogP contribution in [0.25, 0.3) is 0 Å². The second-order valence-electron chi connectivity index (χ2n) is 6.54. The summed E-state index contributed by atoms with van der Waals surface area (Å²) in [6.45, 7) is 9.06. The van der Waals surface area contributed by atoms with Gasteiger partial charge in [0.25, 0.3) is 0 Å². The Kier molecular flexibility index (Phi) is 6.03. The van der Waals surface area contributed by atoms with Crippen molar-refractivity contribution in [2.45, 2.75) is 45.6 Å². The lowest BCUT2D eigenvalue weighted by Crippen LogP contribution is -2.22. The van der Waals surface area contributed by atoms with Crippen molar-refractivity contribution in [3.63, 3.8) is 0 Å². The predicted octanol–water partition coefficient (Wildman–Crippen LogP) is 4.23. The number of ether oxygens (including phenoxy) is 1. The molecule has 7 heteroatoms. The van der Waals surface area contributed by atoms with Gasteiger partial charge in [0, 0.05) is 10.2 Å². The Labute approximate surface area is 140 Å². The van der Waals surface area contributed by atoms with E-state index in [2.05, 4.69) is 21.2 Å². The molecule has 1 amide bonds. The van der Waals surface area contributed by atoms with Crippen LogP contribution in [0.4, 0.5) is 10.5 Å². The second kappa shape index (κ2) is 7.00. The highest BCUT2D eigenvalue weighted by molar-refractivity contribution is 9.10. The zero-order valence-electron chi connectivity index (χ0n) is 13.4. The summed E-state index contributed by atoms with van der Waals surface area (Å²) in [6.07, 6.45) is -0.865. The van der Waals surface area contributed by atoms with E-state index in [0.717, 1.165) is 0 Å². The van der Waals surface area contributed by atoms with Gasteiger partial charge in [0.1, 0.15) is 0 Å². The summed E-state index contributed by atoms with van der Waals surface area (Å²) in [6, 6.07) is 4.65. The summed E-state index contributed by atoms with van der Waals surface area (Å²) in [4.78, 5) is 11.8. The minimum Gasteiger partial charge on any atom is -0.447 e. The van der Waals surface area contributed by atoms with Crippen LogP contribution >= 0.6 is 15.9 Å². The van der Waals surface area contributed by atoms with Gasteiger partial charge in [0.2, 0.25) is 0 Å². The van der Waals surface area contributed by atoms with E-state index < -0.39 is 15.9 Å². The van der Waals surface area contributed by atoms with Gasteiger partial charge in [0.15, 0.2) is 9.84 Å². The number of hydrogen-bond acceptors (Lipinski definition) is 4. The van der Waals surface area contributed by atoms with Gasteiger partial charge < -0.3 is 4.74 Å². The van der Waals surface area contributed by atoms with Crippen LogP contribution in [0.15, 0.2) is 27.6 Å². The third-order valence-corrected chi connectivity index (χ3v) is 5.69.